The monoisotopic (exact) mass is 292 g/mol. The molecule has 0 spiro atoms. The number of hydrogen-bond acceptors (Lipinski definition) is 4. The van der Waals surface area contributed by atoms with Crippen LogP contribution in [0.2, 0.25) is 5.02 Å². The van der Waals surface area contributed by atoms with Crippen LogP contribution < -0.4 is 10.5 Å². The van der Waals surface area contributed by atoms with E-state index in [9.17, 15) is 0 Å². The standard InChI is InChI=1S/C14H17ClN4O/c1-20-12-7-11(16)10(15)6-9(12)14-17-13(18-19-14)8-4-2-3-5-8/h6-8H,2-5,16H2,1H3,(H,17,18,19). The highest BCUT2D eigenvalue weighted by atomic mass is 35.5. The van der Waals surface area contributed by atoms with Crippen LogP contribution in [0.3, 0.4) is 0 Å². The van der Waals surface area contributed by atoms with Gasteiger partial charge in [0, 0.05) is 12.0 Å². The van der Waals surface area contributed by atoms with Crippen LogP contribution in [-0.2, 0) is 0 Å². The average Bonchev–Trinajstić information content (AvgIpc) is 3.10. The summed E-state index contributed by atoms with van der Waals surface area (Å²) in [6, 6.07) is 3.45. The van der Waals surface area contributed by atoms with E-state index in [0.29, 0.717) is 28.2 Å². The van der Waals surface area contributed by atoms with Gasteiger partial charge in [-0.05, 0) is 18.9 Å². The van der Waals surface area contributed by atoms with Crippen molar-refractivity contribution in [1.29, 1.82) is 0 Å². The number of H-pyrrole nitrogens is 1. The molecule has 1 aliphatic carbocycles. The van der Waals surface area contributed by atoms with Gasteiger partial charge in [-0.3, -0.25) is 5.10 Å². The van der Waals surface area contributed by atoms with Crippen LogP contribution in [0, 0.1) is 0 Å². The molecule has 0 bridgehead atoms. The van der Waals surface area contributed by atoms with Crippen molar-refractivity contribution in [3.05, 3.63) is 23.0 Å². The summed E-state index contributed by atoms with van der Waals surface area (Å²) in [4.78, 5) is 4.60. The predicted molar refractivity (Wildman–Crippen MR) is 79.0 cm³/mol. The van der Waals surface area contributed by atoms with Crippen molar-refractivity contribution < 1.29 is 4.74 Å². The number of methoxy groups -OCH3 is 1. The predicted octanol–water partition coefficient (Wildman–Crippen LogP) is 3.37. The maximum Gasteiger partial charge on any atom is 0.184 e. The van der Waals surface area contributed by atoms with E-state index in [-0.39, 0.29) is 0 Å². The van der Waals surface area contributed by atoms with Crippen molar-refractivity contribution in [2.45, 2.75) is 31.6 Å². The second-order valence-corrected chi connectivity index (χ2v) is 5.51. The minimum Gasteiger partial charge on any atom is -0.496 e. The molecule has 0 radical (unpaired) electrons. The highest BCUT2D eigenvalue weighted by molar-refractivity contribution is 6.33. The number of aromatic amines is 1. The van der Waals surface area contributed by atoms with Crippen molar-refractivity contribution in [1.82, 2.24) is 15.2 Å². The molecule has 20 heavy (non-hydrogen) atoms. The highest BCUT2D eigenvalue weighted by Crippen LogP contribution is 2.36. The van der Waals surface area contributed by atoms with E-state index in [1.807, 2.05) is 0 Å². The first-order valence-electron chi connectivity index (χ1n) is 6.74. The Kier molecular flexibility index (Phi) is 3.53. The Balaban J connectivity index is 1.98. The van der Waals surface area contributed by atoms with Gasteiger partial charge in [0.05, 0.1) is 23.4 Å². The number of anilines is 1. The van der Waals surface area contributed by atoms with E-state index in [1.54, 1.807) is 19.2 Å². The van der Waals surface area contributed by atoms with E-state index >= 15 is 0 Å². The molecule has 1 aromatic heterocycles. The SMILES string of the molecule is COc1cc(N)c(Cl)cc1-c1n[nH]c(C2CCCC2)n1. The molecular formula is C14H17ClN4O. The molecule has 1 heterocycles. The fourth-order valence-corrected chi connectivity index (χ4v) is 2.85. The molecule has 5 nitrogen and oxygen atoms in total. The van der Waals surface area contributed by atoms with Crippen molar-refractivity contribution >= 4 is 17.3 Å². The van der Waals surface area contributed by atoms with Gasteiger partial charge in [-0.25, -0.2) is 4.98 Å². The van der Waals surface area contributed by atoms with Crippen LogP contribution in [0.25, 0.3) is 11.4 Å². The zero-order valence-corrected chi connectivity index (χ0v) is 12.1. The maximum absolute atomic E-state index is 6.08. The lowest BCUT2D eigenvalue weighted by atomic mass is 10.1. The first-order chi connectivity index (χ1) is 9.69. The minimum atomic E-state index is 0.480. The largest absolute Gasteiger partial charge is 0.496 e. The van der Waals surface area contributed by atoms with E-state index in [4.69, 9.17) is 22.1 Å². The Morgan fingerprint density at radius 2 is 2.10 bits per heavy atom. The van der Waals surface area contributed by atoms with Crippen molar-refractivity contribution in [3.8, 4) is 17.1 Å². The summed E-state index contributed by atoms with van der Waals surface area (Å²) in [7, 11) is 1.59. The third-order valence-electron chi connectivity index (χ3n) is 3.80. The Labute approximate surface area is 122 Å². The Bertz CT molecular complexity index is 620. The van der Waals surface area contributed by atoms with Gasteiger partial charge in [0.1, 0.15) is 11.6 Å². The molecule has 1 aliphatic rings. The van der Waals surface area contributed by atoms with Crippen molar-refractivity contribution in [3.63, 3.8) is 0 Å². The Morgan fingerprint density at radius 1 is 1.35 bits per heavy atom. The van der Waals surface area contributed by atoms with Crippen LogP contribution >= 0.6 is 11.6 Å². The van der Waals surface area contributed by atoms with Gasteiger partial charge in [0.2, 0.25) is 0 Å². The van der Waals surface area contributed by atoms with Crippen LogP contribution in [0.5, 0.6) is 5.75 Å². The second-order valence-electron chi connectivity index (χ2n) is 5.10. The summed E-state index contributed by atoms with van der Waals surface area (Å²) in [5, 5.41) is 7.82. The Hall–Kier alpha value is -1.75. The first kappa shape index (κ1) is 13.2. The zero-order chi connectivity index (χ0) is 14.1. The molecule has 3 N–H and O–H groups in total. The number of hydrogen-bond donors (Lipinski definition) is 2. The molecular weight excluding hydrogens is 276 g/mol. The number of ether oxygens (including phenoxy) is 1. The number of nitrogens with one attached hydrogen (secondary N) is 1. The lowest BCUT2D eigenvalue weighted by Gasteiger charge is -2.08. The molecule has 0 amide bonds. The molecule has 106 valence electrons. The van der Waals surface area contributed by atoms with Gasteiger partial charge in [-0.2, -0.15) is 5.10 Å². The topological polar surface area (TPSA) is 76.8 Å². The van der Waals surface area contributed by atoms with Gasteiger partial charge >= 0.3 is 0 Å². The van der Waals surface area contributed by atoms with Crippen LogP contribution in [-0.4, -0.2) is 22.3 Å². The normalized spacial score (nSPS) is 15.7. The van der Waals surface area contributed by atoms with E-state index in [0.717, 1.165) is 11.4 Å². The van der Waals surface area contributed by atoms with Gasteiger partial charge in [-0.15, -0.1) is 0 Å². The average molecular weight is 293 g/mol. The molecule has 2 aromatic rings. The number of benzene rings is 1. The van der Waals surface area contributed by atoms with Gasteiger partial charge in [-0.1, -0.05) is 24.4 Å². The zero-order valence-electron chi connectivity index (χ0n) is 11.3. The maximum atomic E-state index is 6.08. The summed E-state index contributed by atoms with van der Waals surface area (Å²) in [5.41, 5.74) is 7.03. The summed E-state index contributed by atoms with van der Waals surface area (Å²) in [6.45, 7) is 0. The van der Waals surface area contributed by atoms with Gasteiger partial charge < -0.3 is 10.5 Å². The molecule has 0 saturated heterocycles. The lowest BCUT2D eigenvalue weighted by molar-refractivity contribution is 0.416. The summed E-state index contributed by atoms with van der Waals surface area (Å²) in [5.74, 6) is 2.67. The number of nitrogen functional groups attached to an aromatic ring is 1. The molecule has 1 saturated carbocycles. The second kappa shape index (κ2) is 5.32. The molecule has 1 fully saturated rings. The van der Waals surface area contributed by atoms with Crippen molar-refractivity contribution in [2.75, 3.05) is 12.8 Å². The first-order valence-corrected chi connectivity index (χ1v) is 7.12. The molecule has 0 aliphatic heterocycles. The van der Waals surface area contributed by atoms with E-state index in [1.165, 1.54) is 25.7 Å². The fourth-order valence-electron chi connectivity index (χ4n) is 2.69. The van der Waals surface area contributed by atoms with Crippen LogP contribution in [0.4, 0.5) is 5.69 Å². The highest BCUT2D eigenvalue weighted by Gasteiger charge is 2.22. The number of halogens is 1. The molecule has 0 unspecified atom stereocenters. The smallest absolute Gasteiger partial charge is 0.184 e. The fraction of sp³-hybridized carbons (Fsp3) is 0.429. The lowest BCUT2D eigenvalue weighted by Crippen LogP contribution is -1.95. The van der Waals surface area contributed by atoms with Crippen molar-refractivity contribution in [2.24, 2.45) is 0 Å². The summed E-state index contributed by atoms with van der Waals surface area (Å²) in [6.07, 6.45) is 4.87. The molecule has 3 rings (SSSR count). The third kappa shape index (κ3) is 2.33. The quantitative estimate of drug-likeness (QED) is 0.850. The van der Waals surface area contributed by atoms with Crippen LogP contribution in [0.15, 0.2) is 12.1 Å². The van der Waals surface area contributed by atoms with Gasteiger partial charge in [0.15, 0.2) is 5.82 Å². The number of rotatable bonds is 3. The van der Waals surface area contributed by atoms with Gasteiger partial charge in [0.25, 0.3) is 0 Å². The minimum absolute atomic E-state index is 0.480. The van der Waals surface area contributed by atoms with Crippen LogP contribution in [0.1, 0.15) is 37.4 Å². The van der Waals surface area contributed by atoms with E-state index < -0.39 is 0 Å². The number of aromatic nitrogens is 3. The molecule has 6 heteroatoms. The molecule has 0 atom stereocenters. The summed E-state index contributed by atoms with van der Waals surface area (Å²) < 4.78 is 5.34. The Morgan fingerprint density at radius 3 is 2.80 bits per heavy atom. The third-order valence-corrected chi connectivity index (χ3v) is 4.13. The number of nitrogens with zero attached hydrogens (tertiary/aromatic N) is 2. The molecule has 1 aromatic carbocycles. The summed E-state index contributed by atoms with van der Waals surface area (Å²) >= 11 is 6.08. The number of nitrogens with two attached hydrogens (primary N) is 1. The van der Waals surface area contributed by atoms with E-state index in [2.05, 4.69) is 15.2 Å².